The van der Waals surface area contributed by atoms with Crippen molar-refractivity contribution in [1.29, 1.82) is 0 Å². The molecule has 0 saturated carbocycles. The molecule has 0 aliphatic carbocycles. The van der Waals surface area contributed by atoms with Crippen LogP contribution in [0.2, 0.25) is 0 Å². The molecule has 0 radical (unpaired) electrons. The Morgan fingerprint density at radius 2 is 1.52 bits per heavy atom. The number of anilines is 1. The van der Waals surface area contributed by atoms with Crippen LogP contribution in [-0.2, 0) is 9.59 Å². The van der Waals surface area contributed by atoms with Crippen LogP contribution in [0, 0.1) is 5.82 Å². The van der Waals surface area contributed by atoms with Crippen LogP contribution in [0.4, 0.5) is 10.1 Å². The van der Waals surface area contributed by atoms with Gasteiger partial charge in [-0.15, -0.1) is 0 Å². The van der Waals surface area contributed by atoms with E-state index in [4.69, 9.17) is 5.11 Å². The fourth-order valence-corrected chi connectivity index (χ4v) is 2.06. The fourth-order valence-electron chi connectivity index (χ4n) is 2.06. The Morgan fingerprint density at radius 3 is 2.10 bits per heavy atom. The molecule has 0 aliphatic heterocycles. The lowest BCUT2D eigenvalue weighted by Crippen LogP contribution is -2.25. The molecule has 0 saturated heterocycles. The topological polar surface area (TPSA) is 57.6 Å². The summed E-state index contributed by atoms with van der Waals surface area (Å²) in [6, 6.07) is 5.83. The van der Waals surface area contributed by atoms with Crippen molar-refractivity contribution >= 4 is 17.6 Å². The van der Waals surface area contributed by atoms with E-state index in [2.05, 4.69) is 0 Å². The summed E-state index contributed by atoms with van der Waals surface area (Å²) in [4.78, 5) is 23.8. The first-order valence-electron chi connectivity index (χ1n) is 7.24. The second-order valence-electron chi connectivity index (χ2n) is 5.09. The van der Waals surface area contributed by atoms with Gasteiger partial charge in [-0.1, -0.05) is 19.3 Å². The number of hydrogen-bond acceptors (Lipinski definition) is 2. The van der Waals surface area contributed by atoms with Gasteiger partial charge in [-0.2, -0.15) is 0 Å². The van der Waals surface area contributed by atoms with Gasteiger partial charge in [-0.3, -0.25) is 9.59 Å². The predicted molar refractivity (Wildman–Crippen MR) is 79.8 cm³/mol. The van der Waals surface area contributed by atoms with Gasteiger partial charge in [0.05, 0.1) is 0 Å². The highest BCUT2D eigenvalue weighted by atomic mass is 19.1. The van der Waals surface area contributed by atoms with E-state index < -0.39 is 5.97 Å². The number of rotatable bonds is 9. The summed E-state index contributed by atoms with van der Waals surface area (Å²) < 4.78 is 12.8. The van der Waals surface area contributed by atoms with Gasteiger partial charge in [0.1, 0.15) is 5.82 Å². The molecule has 0 spiro atoms. The molecule has 1 N–H and O–H groups in total. The highest BCUT2D eigenvalue weighted by molar-refractivity contribution is 5.92. The van der Waals surface area contributed by atoms with Gasteiger partial charge >= 0.3 is 5.97 Å². The number of halogens is 1. The van der Waals surface area contributed by atoms with Crippen molar-refractivity contribution in [3.05, 3.63) is 30.1 Å². The van der Waals surface area contributed by atoms with Crippen molar-refractivity contribution in [2.75, 3.05) is 11.9 Å². The normalized spacial score (nSPS) is 10.4. The molecule has 1 aromatic rings. The van der Waals surface area contributed by atoms with Crippen molar-refractivity contribution in [1.82, 2.24) is 0 Å². The Hall–Kier alpha value is -1.91. The number of aliphatic carboxylic acids is 1. The van der Waals surface area contributed by atoms with E-state index in [0.717, 1.165) is 25.7 Å². The monoisotopic (exact) mass is 295 g/mol. The molecule has 0 fully saturated rings. The Labute approximate surface area is 124 Å². The van der Waals surface area contributed by atoms with Gasteiger partial charge < -0.3 is 10.0 Å². The maximum atomic E-state index is 12.8. The first kappa shape index (κ1) is 17.1. The fraction of sp³-hybridized carbons (Fsp3) is 0.500. The first-order chi connectivity index (χ1) is 10.0. The van der Waals surface area contributed by atoms with Gasteiger partial charge in [-0.05, 0) is 37.1 Å². The molecule has 116 valence electrons. The van der Waals surface area contributed by atoms with Gasteiger partial charge in [0, 0.05) is 25.6 Å². The Morgan fingerprint density at radius 1 is 1.00 bits per heavy atom. The molecule has 1 amide bonds. The minimum atomic E-state index is -0.758. The van der Waals surface area contributed by atoms with Crippen LogP contribution >= 0.6 is 0 Å². The molecular weight excluding hydrogens is 273 g/mol. The third-order valence-corrected chi connectivity index (χ3v) is 3.37. The van der Waals surface area contributed by atoms with Crippen LogP contribution in [0.1, 0.15) is 44.9 Å². The Bertz CT molecular complexity index is 459. The molecule has 0 atom stereocenters. The molecule has 0 aliphatic rings. The highest BCUT2D eigenvalue weighted by Crippen LogP contribution is 2.15. The van der Waals surface area contributed by atoms with E-state index in [1.54, 1.807) is 19.2 Å². The summed E-state index contributed by atoms with van der Waals surface area (Å²) in [5, 5.41) is 8.50. The van der Waals surface area contributed by atoms with E-state index >= 15 is 0 Å². The zero-order valence-corrected chi connectivity index (χ0v) is 12.3. The second kappa shape index (κ2) is 9.10. The molecular formula is C16H22FNO3. The zero-order chi connectivity index (χ0) is 15.7. The van der Waals surface area contributed by atoms with Gasteiger partial charge in [-0.25, -0.2) is 4.39 Å². The summed E-state index contributed by atoms with van der Waals surface area (Å²) >= 11 is 0. The molecule has 1 aromatic carbocycles. The number of benzene rings is 1. The van der Waals surface area contributed by atoms with Crippen LogP contribution in [0.25, 0.3) is 0 Å². The molecule has 0 aromatic heterocycles. The summed E-state index contributed by atoms with van der Waals surface area (Å²) in [6.07, 6.45) is 4.90. The van der Waals surface area contributed by atoms with Crippen molar-refractivity contribution in [3.8, 4) is 0 Å². The molecule has 0 unspecified atom stereocenters. The third-order valence-electron chi connectivity index (χ3n) is 3.37. The largest absolute Gasteiger partial charge is 0.481 e. The lowest BCUT2D eigenvalue weighted by molar-refractivity contribution is -0.137. The van der Waals surface area contributed by atoms with Crippen LogP contribution in [0.3, 0.4) is 0 Å². The molecule has 0 heterocycles. The van der Waals surface area contributed by atoms with Crippen LogP contribution in [0.15, 0.2) is 24.3 Å². The molecule has 21 heavy (non-hydrogen) atoms. The smallest absolute Gasteiger partial charge is 0.303 e. The molecule has 5 heteroatoms. The van der Waals surface area contributed by atoms with Gasteiger partial charge in [0.25, 0.3) is 0 Å². The van der Waals surface area contributed by atoms with Crippen molar-refractivity contribution in [3.63, 3.8) is 0 Å². The number of carbonyl (C=O) groups excluding carboxylic acids is 1. The van der Waals surface area contributed by atoms with E-state index in [1.165, 1.54) is 17.0 Å². The average molecular weight is 295 g/mol. The SMILES string of the molecule is CN(C(=O)CCCCCCCC(=O)O)c1ccc(F)cc1. The van der Waals surface area contributed by atoms with E-state index in [9.17, 15) is 14.0 Å². The van der Waals surface area contributed by atoms with Gasteiger partial charge in [0.15, 0.2) is 0 Å². The molecule has 1 rings (SSSR count). The van der Waals surface area contributed by atoms with E-state index in [0.29, 0.717) is 18.5 Å². The number of amides is 1. The van der Waals surface area contributed by atoms with E-state index in [-0.39, 0.29) is 18.1 Å². The van der Waals surface area contributed by atoms with Crippen molar-refractivity contribution in [2.24, 2.45) is 0 Å². The highest BCUT2D eigenvalue weighted by Gasteiger charge is 2.10. The Balaban J connectivity index is 2.18. The number of unbranched alkanes of at least 4 members (excludes halogenated alkanes) is 4. The summed E-state index contributed by atoms with van der Waals surface area (Å²) in [6.45, 7) is 0. The first-order valence-corrected chi connectivity index (χ1v) is 7.24. The van der Waals surface area contributed by atoms with Crippen LogP contribution in [0.5, 0.6) is 0 Å². The number of carbonyl (C=O) groups is 2. The van der Waals surface area contributed by atoms with Gasteiger partial charge in [0.2, 0.25) is 5.91 Å². The number of nitrogens with zero attached hydrogens (tertiary/aromatic N) is 1. The van der Waals surface area contributed by atoms with E-state index in [1.807, 2.05) is 0 Å². The number of carboxylic acid groups (broad SMARTS) is 1. The van der Waals surface area contributed by atoms with Crippen LogP contribution < -0.4 is 4.90 Å². The minimum absolute atomic E-state index is 0.00661. The zero-order valence-electron chi connectivity index (χ0n) is 12.3. The summed E-state index contributed by atoms with van der Waals surface area (Å²) in [5.41, 5.74) is 0.683. The number of carboxylic acids is 1. The van der Waals surface area contributed by atoms with Crippen LogP contribution in [-0.4, -0.2) is 24.0 Å². The summed E-state index contributed by atoms with van der Waals surface area (Å²) in [5.74, 6) is -1.07. The maximum Gasteiger partial charge on any atom is 0.303 e. The standard InChI is InChI=1S/C16H22FNO3/c1-18(14-11-9-13(17)10-12-14)15(19)7-5-3-2-4-6-8-16(20)21/h9-12H,2-8H2,1H3,(H,20,21). The lowest BCUT2D eigenvalue weighted by atomic mass is 10.1. The van der Waals surface area contributed by atoms with Crippen molar-refractivity contribution in [2.45, 2.75) is 44.9 Å². The quantitative estimate of drug-likeness (QED) is 0.708. The third kappa shape index (κ3) is 6.88. The maximum absolute atomic E-state index is 12.8. The minimum Gasteiger partial charge on any atom is -0.481 e. The summed E-state index contributed by atoms with van der Waals surface area (Å²) in [7, 11) is 1.68. The second-order valence-corrected chi connectivity index (χ2v) is 5.09. The predicted octanol–water partition coefficient (Wildman–Crippen LogP) is 3.60. The number of hydrogen-bond donors (Lipinski definition) is 1. The lowest BCUT2D eigenvalue weighted by Gasteiger charge is -2.17. The molecule has 4 nitrogen and oxygen atoms in total. The molecule has 0 bridgehead atoms. The Kier molecular flexibility index (Phi) is 7.43. The van der Waals surface area contributed by atoms with Crippen molar-refractivity contribution < 1.29 is 19.1 Å². The average Bonchev–Trinajstić information content (AvgIpc) is 2.45.